The maximum Gasteiger partial charge on any atom is 0.341 e. The van der Waals surface area contributed by atoms with Crippen LogP contribution >= 0.6 is 28.3 Å². The highest BCUT2D eigenvalue weighted by atomic mass is 79.9. The summed E-state index contributed by atoms with van der Waals surface area (Å²) in [6.45, 7) is 0.0841. The number of methoxy groups -OCH3 is 1. The number of carbonyl (C=O) groups excluding carboxylic acids is 1. The number of hydrogen-bond acceptors (Lipinski definition) is 3. The van der Waals surface area contributed by atoms with E-state index in [0.717, 1.165) is 0 Å². The molecule has 3 nitrogen and oxygen atoms in total. The third kappa shape index (κ3) is 3.15. The summed E-state index contributed by atoms with van der Waals surface area (Å²) in [6, 6.07) is 2.79. The summed E-state index contributed by atoms with van der Waals surface area (Å²) in [6.07, 6.45) is 0. The van der Waals surface area contributed by atoms with Crippen LogP contribution in [0.15, 0.2) is 16.6 Å². The minimum absolute atomic E-state index is 0. The molecule has 6 heteroatoms. The van der Waals surface area contributed by atoms with Gasteiger partial charge in [-0.1, -0.05) is 15.9 Å². The number of ether oxygens (including phenoxy) is 1. The van der Waals surface area contributed by atoms with Crippen LogP contribution in [0, 0.1) is 5.82 Å². The van der Waals surface area contributed by atoms with E-state index in [2.05, 4.69) is 20.7 Å². The molecule has 0 fully saturated rings. The second-order valence-electron chi connectivity index (χ2n) is 2.62. The van der Waals surface area contributed by atoms with E-state index in [1.165, 1.54) is 13.2 Å². The minimum Gasteiger partial charge on any atom is -0.465 e. The Bertz CT molecular complexity index is 373. The highest BCUT2D eigenvalue weighted by molar-refractivity contribution is 9.10. The Morgan fingerprint density at radius 2 is 2.20 bits per heavy atom. The van der Waals surface area contributed by atoms with Crippen molar-refractivity contribution in [1.82, 2.24) is 0 Å². The van der Waals surface area contributed by atoms with Gasteiger partial charge >= 0.3 is 5.97 Å². The van der Waals surface area contributed by atoms with Crippen molar-refractivity contribution in [2.24, 2.45) is 5.73 Å². The van der Waals surface area contributed by atoms with Gasteiger partial charge in [-0.25, -0.2) is 9.18 Å². The van der Waals surface area contributed by atoms with Crippen LogP contribution in [0.25, 0.3) is 0 Å². The first-order chi connectivity index (χ1) is 6.60. The molecule has 84 valence electrons. The summed E-state index contributed by atoms with van der Waals surface area (Å²) in [5.41, 5.74) is 5.71. The van der Waals surface area contributed by atoms with E-state index in [0.29, 0.717) is 10.0 Å². The quantitative estimate of drug-likeness (QED) is 0.852. The molecule has 0 saturated heterocycles. The van der Waals surface area contributed by atoms with Crippen LogP contribution in [-0.2, 0) is 11.3 Å². The fourth-order valence-electron chi connectivity index (χ4n) is 1.12. The fourth-order valence-corrected chi connectivity index (χ4v) is 1.60. The lowest BCUT2D eigenvalue weighted by Gasteiger charge is -2.07. The topological polar surface area (TPSA) is 52.3 Å². The van der Waals surface area contributed by atoms with Gasteiger partial charge in [-0.2, -0.15) is 0 Å². The van der Waals surface area contributed by atoms with Crippen LogP contribution in [0.4, 0.5) is 4.39 Å². The van der Waals surface area contributed by atoms with Crippen LogP contribution < -0.4 is 5.73 Å². The zero-order valence-electron chi connectivity index (χ0n) is 7.92. The van der Waals surface area contributed by atoms with Crippen LogP contribution in [0.5, 0.6) is 0 Å². The highest BCUT2D eigenvalue weighted by Gasteiger charge is 2.17. The van der Waals surface area contributed by atoms with Crippen molar-refractivity contribution < 1.29 is 13.9 Å². The molecule has 0 spiro atoms. The highest BCUT2D eigenvalue weighted by Crippen LogP contribution is 2.20. The van der Waals surface area contributed by atoms with Crippen molar-refractivity contribution in [2.45, 2.75) is 6.54 Å². The lowest BCUT2D eigenvalue weighted by atomic mass is 10.1. The van der Waals surface area contributed by atoms with E-state index in [9.17, 15) is 9.18 Å². The minimum atomic E-state index is -0.713. The number of esters is 1. The van der Waals surface area contributed by atoms with Gasteiger partial charge in [0, 0.05) is 11.0 Å². The zero-order valence-corrected chi connectivity index (χ0v) is 10.3. The largest absolute Gasteiger partial charge is 0.465 e. The Morgan fingerprint density at radius 3 is 2.67 bits per heavy atom. The molecule has 2 N–H and O–H groups in total. The molecule has 0 aliphatic carbocycles. The van der Waals surface area contributed by atoms with Crippen LogP contribution in [0.2, 0.25) is 0 Å². The normalized spacial score (nSPS) is 9.33. The monoisotopic (exact) mass is 297 g/mol. The summed E-state index contributed by atoms with van der Waals surface area (Å²) < 4.78 is 18.3. The molecular weight excluding hydrogens is 288 g/mol. The summed E-state index contributed by atoms with van der Waals surface area (Å²) in [7, 11) is 1.20. The molecule has 0 atom stereocenters. The number of halogens is 3. The predicted octanol–water partition coefficient (Wildman–Crippen LogP) is 2.26. The SMILES string of the molecule is COC(=O)c1c(F)cc(Br)cc1CN.Cl. The predicted molar refractivity (Wildman–Crippen MR) is 60.6 cm³/mol. The van der Waals surface area contributed by atoms with Crippen molar-refractivity contribution in [3.8, 4) is 0 Å². The van der Waals surface area contributed by atoms with E-state index < -0.39 is 11.8 Å². The molecule has 0 aromatic heterocycles. The number of hydrogen-bond donors (Lipinski definition) is 1. The van der Waals surface area contributed by atoms with Gasteiger partial charge in [-0.3, -0.25) is 0 Å². The molecule has 0 aliphatic heterocycles. The smallest absolute Gasteiger partial charge is 0.341 e. The van der Waals surface area contributed by atoms with E-state index in [1.54, 1.807) is 6.07 Å². The Kier molecular flexibility index (Phi) is 5.79. The molecule has 1 rings (SSSR count). The van der Waals surface area contributed by atoms with Gasteiger partial charge in [-0.05, 0) is 17.7 Å². The van der Waals surface area contributed by atoms with Crippen molar-refractivity contribution in [3.63, 3.8) is 0 Å². The second-order valence-corrected chi connectivity index (χ2v) is 3.53. The molecular formula is C9H10BrClFNO2. The standard InChI is InChI=1S/C9H9BrFNO2.ClH/c1-14-9(13)8-5(4-12)2-6(10)3-7(8)11;/h2-3H,4,12H2,1H3;1H. The molecule has 0 aliphatic rings. The Balaban J connectivity index is 0.00000196. The second kappa shape index (κ2) is 6.05. The van der Waals surface area contributed by atoms with Crippen molar-refractivity contribution in [2.75, 3.05) is 7.11 Å². The molecule has 1 aromatic carbocycles. The lowest BCUT2D eigenvalue weighted by Crippen LogP contribution is -2.11. The van der Waals surface area contributed by atoms with Crippen molar-refractivity contribution in [3.05, 3.63) is 33.5 Å². The zero-order chi connectivity index (χ0) is 10.7. The average molecular weight is 299 g/mol. The van der Waals surface area contributed by atoms with E-state index >= 15 is 0 Å². The third-order valence-electron chi connectivity index (χ3n) is 1.75. The Hall–Kier alpha value is -0.650. The lowest BCUT2D eigenvalue weighted by molar-refractivity contribution is 0.0594. The maximum absolute atomic E-state index is 13.3. The summed E-state index contributed by atoms with van der Waals surface area (Å²) >= 11 is 3.11. The molecule has 0 unspecified atom stereocenters. The van der Waals surface area contributed by atoms with E-state index in [1.807, 2.05) is 0 Å². The van der Waals surface area contributed by atoms with Gasteiger partial charge in [0.05, 0.1) is 12.7 Å². The van der Waals surface area contributed by atoms with Gasteiger partial charge in [-0.15, -0.1) is 12.4 Å². The average Bonchev–Trinajstić information content (AvgIpc) is 2.15. The van der Waals surface area contributed by atoms with Gasteiger partial charge in [0.25, 0.3) is 0 Å². The maximum atomic E-state index is 13.3. The van der Waals surface area contributed by atoms with Crippen LogP contribution in [0.3, 0.4) is 0 Å². The van der Waals surface area contributed by atoms with Crippen LogP contribution in [-0.4, -0.2) is 13.1 Å². The molecule has 0 radical (unpaired) electrons. The summed E-state index contributed by atoms with van der Waals surface area (Å²) in [5, 5.41) is 0. The van der Waals surface area contributed by atoms with Crippen molar-refractivity contribution >= 4 is 34.3 Å². The summed E-state index contributed by atoms with van der Waals surface area (Å²) in [5.74, 6) is -1.35. The third-order valence-corrected chi connectivity index (χ3v) is 2.20. The molecule has 0 saturated carbocycles. The van der Waals surface area contributed by atoms with E-state index in [-0.39, 0.29) is 24.5 Å². The number of rotatable bonds is 2. The van der Waals surface area contributed by atoms with Crippen molar-refractivity contribution in [1.29, 1.82) is 0 Å². The first-order valence-corrected chi connectivity index (χ1v) is 4.65. The van der Waals surface area contributed by atoms with Gasteiger partial charge in [0.1, 0.15) is 5.82 Å². The van der Waals surface area contributed by atoms with Gasteiger partial charge in [0.2, 0.25) is 0 Å². The van der Waals surface area contributed by atoms with E-state index in [4.69, 9.17) is 5.73 Å². The molecule has 0 heterocycles. The van der Waals surface area contributed by atoms with Gasteiger partial charge < -0.3 is 10.5 Å². The summed E-state index contributed by atoms with van der Waals surface area (Å²) in [4.78, 5) is 11.2. The first-order valence-electron chi connectivity index (χ1n) is 3.86. The molecule has 0 amide bonds. The number of nitrogens with two attached hydrogens (primary N) is 1. The Labute approximate surface area is 101 Å². The van der Waals surface area contributed by atoms with Gasteiger partial charge in [0.15, 0.2) is 0 Å². The number of benzene rings is 1. The van der Waals surface area contributed by atoms with Crippen LogP contribution in [0.1, 0.15) is 15.9 Å². The molecule has 0 bridgehead atoms. The number of carbonyl (C=O) groups is 1. The molecule has 15 heavy (non-hydrogen) atoms. The fraction of sp³-hybridized carbons (Fsp3) is 0.222. The molecule has 1 aromatic rings. The first kappa shape index (κ1) is 14.3. The Morgan fingerprint density at radius 1 is 1.60 bits per heavy atom.